The van der Waals surface area contributed by atoms with Crippen LogP contribution in [-0.2, 0) is 0 Å². The number of halogens is 1. The van der Waals surface area contributed by atoms with Gasteiger partial charge in [-0.3, -0.25) is 4.79 Å². The van der Waals surface area contributed by atoms with Gasteiger partial charge in [0.15, 0.2) is 4.67 Å². The highest BCUT2D eigenvalue weighted by Crippen LogP contribution is 2.24. The zero-order valence-corrected chi connectivity index (χ0v) is 10.8. The van der Waals surface area contributed by atoms with Gasteiger partial charge in [0.05, 0.1) is 11.8 Å². The Morgan fingerprint density at radius 2 is 2.44 bits per heavy atom. The number of amides is 1. The Hall–Kier alpha value is -0.810. The molecule has 1 N–H and O–H groups in total. The van der Waals surface area contributed by atoms with Gasteiger partial charge in [0.1, 0.15) is 0 Å². The second-order valence-electron chi connectivity index (χ2n) is 4.08. The van der Waals surface area contributed by atoms with Crippen LogP contribution in [0.25, 0.3) is 0 Å². The van der Waals surface area contributed by atoms with Gasteiger partial charge in [-0.25, -0.2) is 0 Å². The molecule has 0 bridgehead atoms. The SMILES string of the molecule is CN(CCNC(=O)c1ccoc1Br)C1CC1. The molecule has 1 fully saturated rings. The smallest absolute Gasteiger partial charge is 0.255 e. The third kappa shape index (κ3) is 2.86. The van der Waals surface area contributed by atoms with Crippen molar-refractivity contribution in [3.05, 3.63) is 22.6 Å². The van der Waals surface area contributed by atoms with E-state index in [-0.39, 0.29) is 5.91 Å². The number of hydrogen-bond donors (Lipinski definition) is 1. The molecular weight excluding hydrogens is 272 g/mol. The highest BCUT2D eigenvalue weighted by Gasteiger charge is 2.25. The lowest BCUT2D eigenvalue weighted by molar-refractivity contribution is 0.0947. The summed E-state index contributed by atoms with van der Waals surface area (Å²) in [6.45, 7) is 1.56. The predicted molar refractivity (Wildman–Crippen MR) is 64.4 cm³/mol. The first-order valence-corrected chi connectivity index (χ1v) is 6.19. The lowest BCUT2D eigenvalue weighted by Crippen LogP contribution is -2.33. The number of rotatable bonds is 5. The Labute approximate surface area is 103 Å². The van der Waals surface area contributed by atoms with Crippen LogP contribution < -0.4 is 5.32 Å². The molecule has 88 valence electrons. The molecule has 1 aliphatic rings. The van der Waals surface area contributed by atoms with Gasteiger partial charge in [-0.2, -0.15) is 0 Å². The van der Waals surface area contributed by atoms with Gasteiger partial charge in [0.2, 0.25) is 0 Å². The third-order valence-electron chi connectivity index (χ3n) is 2.78. The molecular formula is C11H15BrN2O2. The summed E-state index contributed by atoms with van der Waals surface area (Å²) >= 11 is 3.18. The molecule has 0 saturated heterocycles. The van der Waals surface area contributed by atoms with Crippen molar-refractivity contribution in [2.75, 3.05) is 20.1 Å². The van der Waals surface area contributed by atoms with E-state index in [9.17, 15) is 4.79 Å². The molecule has 0 aromatic carbocycles. The minimum atomic E-state index is -0.0928. The van der Waals surface area contributed by atoms with E-state index in [1.807, 2.05) is 0 Å². The number of carbonyl (C=O) groups is 1. The highest BCUT2D eigenvalue weighted by molar-refractivity contribution is 9.10. The van der Waals surface area contributed by atoms with Crippen molar-refractivity contribution >= 4 is 21.8 Å². The molecule has 0 unspecified atom stereocenters. The average Bonchev–Trinajstić information content (AvgIpc) is 3.01. The topological polar surface area (TPSA) is 45.5 Å². The Morgan fingerprint density at radius 3 is 3.00 bits per heavy atom. The molecule has 1 aromatic rings. The van der Waals surface area contributed by atoms with Crippen LogP contribution in [0.15, 0.2) is 21.4 Å². The van der Waals surface area contributed by atoms with Crippen LogP contribution in [0.1, 0.15) is 23.2 Å². The van der Waals surface area contributed by atoms with Gasteiger partial charge in [0.25, 0.3) is 5.91 Å². The summed E-state index contributed by atoms with van der Waals surface area (Å²) in [6.07, 6.45) is 4.07. The van der Waals surface area contributed by atoms with Crippen LogP contribution in [0.5, 0.6) is 0 Å². The van der Waals surface area contributed by atoms with Crippen LogP contribution in [0.4, 0.5) is 0 Å². The molecule has 0 aliphatic heterocycles. The van der Waals surface area contributed by atoms with E-state index in [1.165, 1.54) is 19.1 Å². The van der Waals surface area contributed by atoms with Gasteiger partial charge in [-0.05, 0) is 41.9 Å². The zero-order valence-electron chi connectivity index (χ0n) is 9.20. The van der Waals surface area contributed by atoms with Crippen molar-refractivity contribution in [1.82, 2.24) is 10.2 Å². The standard InChI is InChI=1S/C11H15BrN2O2/c1-14(8-2-3-8)6-5-13-11(15)9-4-7-16-10(9)12/h4,7-8H,2-3,5-6H2,1H3,(H,13,15). The first-order chi connectivity index (χ1) is 7.68. The van der Waals surface area contributed by atoms with Gasteiger partial charge < -0.3 is 14.6 Å². The summed E-state index contributed by atoms with van der Waals surface area (Å²) in [7, 11) is 2.09. The molecule has 16 heavy (non-hydrogen) atoms. The maximum absolute atomic E-state index is 11.7. The van der Waals surface area contributed by atoms with Crippen molar-refractivity contribution in [3.8, 4) is 0 Å². The summed E-state index contributed by atoms with van der Waals surface area (Å²) in [5.74, 6) is -0.0928. The largest absolute Gasteiger partial charge is 0.457 e. The number of carbonyl (C=O) groups excluding carboxylic acids is 1. The molecule has 0 spiro atoms. The first-order valence-electron chi connectivity index (χ1n) is 5.40. The number of nitrogens with one attached hydrogen (secondary N) is 1. The number of furan rings is 1. The lowest BCUT2D eigenvalue weighted by Gasteiger charge is -2.15. The van der Waals surface area contributed by atoms with E-state index in [0.29, 0.717) is 16.8 Å². The monoisotopic (exact) mass is 286 g/mol. The van der Waals surface area contributed by atoms with Crippen molar-refractivity contribution in [2.24, 2.45) is 0 Å². The second-order valence-corrected chi connectivity index (χ2v) is 4.80. The van der Waals surface area contributed by atoms with Crippen LogP contribution in [0.3, 0.4) is 0 Å². The molecule has 1 aliphatic carbocycles. The lowest BCUT2D eigenvalue weighted by atomic mass is 10.3. The van der Waals surface area contributed by atoms with Crippen LogP contribution in [-0.4, -0.2) is 37.0 Å². The Balaban J connectivity index is 1.73. The fourth-order valence-electron chi connectivity index (χ4n) is 1.59. The third-order valence-corrected chi connectivity index (χ3v) is 3.40. The van der Waals surface area contributed by atoms with Crippen molar-refractivity contribution in [2.45, 2.75) is 18.9 Å². The fourth-order valence-corrected chi connectivity index (χ4v) is 2.01. The normalized spacial score (nSPS) is 15.4. The molecule has 2 rings (SSSR count). The summed E-state index contributed by atoms with van der Waals surface area (Å²) in [5.41, 5.74) is 0.550. The van der Waals surface area contributed by atoms with Gasteiger partial charge in [-0.15, -0.1) is 0 Å². The molecule has 4 nitrogen and oxygen atoms in total. The molecule has 1 heterocycles. The average molecular weight is 287 g/mol. The second kappa shape index (κ2) is 5.01. The Bertz CT molecular complexity index is 374. The number of likely N-dealkylation sites (N-methyl/N-ethyl adjacent to an activating group) is 1. The van der Waals surface area contributed by atoms with E-state index in [1.54, 1.807) is 6.07 Å². The maximum Gasteiger partial charge on any atom is 0.255 e. The van der Waals surface area contributed by atoms with Crippen molar-refractivity contribution < 1.29 is 9.21 Å². The molecule has 5 heteroatoms. The molecule has 0 atom stereocenters. The zero-order chi connectivity index (χ0) is 11.5. The predicted octanol–water partition coefficient (Wildman–Crippen LogP) is 1.87. The van der Waals surface area contributed by atoms with E-state index in [0.717, 1.165) is 12.6 Å². The van der Waals surface area contributed by atoms with E-state index >= 15 is 0 Å². The van der Waals surface area contributed by atoms with Crippen LogP contribution in [0, 0.1) is 0 Å². The summed E-state index contributed by atoms with van der Waals surface area (Å²) in [4.78, 5) is 14.0. The minimum Gasteiger partial charge on any atom is -0.457 e. The van der Waals surface area contributed by atoms with Gasteiger partial charge in [0, 0.05) is 19.1 Å². The van der Waals surface area contributed by atoms with Crippen molar-refractivity contribution in [3.63, 3.8) is 0 Å². The van der Waals surface area contributed by atoms with E-state index < -0.39 is 0 Å². The minimum absolute atomic E-state index is 0.0928. The number of nitrogens with zero attached hydrogens (tertiary/aromatic N) is 1. The Morgan fingerprint density at radius 1 is 1.69 bits per heavy atom. The van der Waals surface area contributed by atoms with Crippen LogP contribution >= 0.6 is 15.9 Å². The van der Waals surface area contributed by atoms with Crippen LogP contribution in [0.2, 0.25) is 0 Å². The summed E-state index contributed by atoms with van der Waals surface area (Å²) in [6, 6.07) is 2.39. The molecule has 1 saturated carbocycles. The fraction of sp³-hybridized carbons (Fsp3) is 0.545. The highest BCUT2D eigenvalue weighted by atomic mass is 79.9. The summed E-state index contributed by atoms with van der Waals surface area (Å²) < 4.78 is 5.49. The molecule has 0 radical (unpaired) electrons. The first kappa shape index (κ1) is 11.7. The molecule has 1 amide bonds. The van der Waals surface area contributed by atoms with E-state index in [4.69, 9.17) is 4.42 Å². The number of hydrogen-bond acceptors (Lipinski definition) is 3. The van der Waals surface area contributed by atoms with E-state index in [2.05, 4.69) is 33.2 Å². The Kier molecular flexibility index (Phi) is 3.66. The van der Waals surface area contributed by atoms with Crippen molar-refractivity contribution in [1.29, 1.82) is 0 Å². The van der Waals surface area contributed by atoms with Gasteiger partial charge >= 0.3 is 0 Å². The molecule has 1 aromatic heterocycles. The quantitative estimate of drug-likeness (QED) is 0.899. The maximum atomic E-state index is 11.7. The van der Waals surface area contributed by atoms with Gasteiger partial charge in [-0.1, -0.05) is 0 Å². The summed E-state index contributed by atoms with van der Waals surface area (Å²) in [5, 5.41) is 2.87.